The first kappa shape index (κ1) is 18.7. The number of ether oxygens (including phenoxy) is 1. The van der Waals surface area contributed by atoms with Crippen molar-refractivity contribution in [2.75, 3.05) is 0 Å². The fraction of sp³-hybridized carbons (Fsp3) is 0.0909. The molecule has 136 valence electrons. The van der Waals surface area contributed by atoms with Crippen LogP contribution in [0.5, 0.6) is 5.75 Å². The maximum absolute atomic E-state index is 12.2. The van der Waals surface area contributed by atoms with Gasteiger partial charge < -0.3 is 4.74 Å². The van der Waals surface area contributed by atoms with Crippen molar-refractivity contribution in [1.82, 2.24) is 5.43 Å². The van der Waals surface area contributed by atoms with Crippen molar-refractivity contribution >= 4 is 23.7 Å². The summed E-state index contributed by atoms with van der Waals surface area (Å²) < 4.78 is 5.79. The molecule has 0 aliphatic rings. The molecule has 0 spiro atoms. The maximum atomic E-state index is 12.2. The van der Waals surface area contributed by atoms with Gasteiger partial charge in [-0.05, 0) is 42.3 Å². The van der Waals surface area contributed by atoms with Gasteiger partial charge in [0, 0.05) is 16.1 Å². The van der Waals surface area contributed by atoms with Crippen molar-refractivity contribution < 1.29 is 9.53 Å². The van der Waals surface area contributed by atoms with Gasteiger partial charge in [0.2, 0.25) is 0 Å². The van der Waals surface area contributed by atoms with E-state index in [-0.39, 0.29) is 5.91 Å². The van der Waals surface area contributed by atoms with Crippen molar-refractivity contribution in [2.45, 2.75) is 13.5 Å². The van der Waals surface area contributed by atoms with Crippen molar-refractivity contribution in [3.63, 3.8) is 0 Å². The molecule has 4 nitrogen and oxygen atoms in total. The number of carbonyl (C=O) groups excluding carboxylic acids is 1. The highest BCUT2D eigenvalue weighted by Gasteiger charge is 2.06. The summed E-state index contributed by atoms with van der Waals surface area (Å²) in [6.45, 7) is 2.27. The van der Waals surface area contributed by atoms with Gasteiger partial charge in [0.15, 0.2) is 0 Å². The number of hydrogen-bond donors (Lipinski definition) is 1. The number of aryl methyl sites for hydroxylation is 1. The Labute approximate surface area is 163 Å². The Bertz CT molecular complexity index is 970. The average molecular weight is 379 g/mol. The second-order valence-corrected chi connectivity index (χ2v) is 6.37. The van der Waals surface area contributed by atoms with Gasteiger partial charge in [0.1, 0.15) is 12.4 Å². The maximum Gasteiger partial charge on any atom is 0.271 e. The van der Waals surface area contributed by atoms with E-state index in [2.05, 4.69) is 10.5 Å². The van der Waals surface area contributed by atoms with Gasteiger partial charge in [-0.2, -0.15) is 5.10 Å². The molecular weight excluding hydrogens is 360 g/mol. The van der Waals surface area contributed by atoms with E-state index in [1.165, 1.54) is 0 Å². The molecule has 0 aliphatic heterocycles. The average Bonchev–Trinajstić information content (AvgIpc) is 2.68. The van der Waals surface area contributed by atoms with Crippen LogP contribution in [0, 0.1) is 6.92 Å². The van der Waals surface area contributed by atoms with Gasteiger partial charge in [-0.3, -0.25) is 4.79 Å². The first-order valence-corrected chi connectivity index (χ1v) is 8.86. The number of nitrogens with one attached hydrogen (secondary N) is 1. The highest BCUT2D eigenvalue weighted by molar-refractivity contribution is 6.31. The first-order valence-electron chi connectivity index (χ1n) is 8.49. The number of rotatable bonds is 6. The van der Waals surface area contributed by atoms with Crippen molar-refractivity contribution in [1.29, 1.82) is 0 Å². The van der Waals surface area contributed by atoms with E-state index in [1.54, 1.807) is 12.3 Å². The van der Waals surface area contributed by atoms with Gasteiger partial charge in [-0.15, -0.1) is 0 Å². The van der Waals surface area contributed by atoms with Crippen molar-refractivity contribution in [2.24, 2.45) is 5.10 Å². The zero-order valence-electron chi connectivity index (χ0n) is 14.9. The van der Waals surface area contributed by atoms with E-state index in [0.717, 1.165) is 16.7 Å². The molecule has 0 fully saturated rings. The van der Waals surface area contributed by atoms with E-state index in [1.807, 2.05) is 73.7 Å². The van der Waals surface area contributed by atoms with Gasteiger partial charge in [-0.25, -0.2) is 5.43 Å². The fourth-order valence-electron chi connectivity index (χ4n) is 2.51. The molecule has 3 aromatic carbocycles. The lowest BCUT2D eigenvalue weighted by atomic mass is 10.1. The van der Waals surface area contributed by atoms with Crippen molar-refractivity contribution in [3.05, 3.63) is 100 Å². The smallest absolute Gasteiger partial charge is 0.271 e. The summed E-state index contributed by atoms with van der Waals surface area (Å²) in [5.74, 6) is 0.458. The van der Waals surface area contributed by atoms with Crippen LogP contribution in [0.3, 0.4) is 0 Å². The molecule has 1 amide bonds. The zero-order valence-corrected chi connectivity index (χ0v) is 15.6. The van der Waals surface area contributed by atoms with Crippen LogP contribution >= 0.6 is 11.6 Å². The minimum atomic E-state index is -0.240. The summed E-state index contributed by atoms with van der Waals surface area (Å²) in [7, 11) is 0. The Kier molecular flexibility index (Phi) is 6.23. The number of halogens is 1. The quantitative estimate of drug-likeness (QED) is 0.485. The molecule has 1 N–H and O–H groups in total. The Morgan fingerprint density at radius 3 is 2.67 bits per heavy atom. The summed E-state index contributed by atoms with van der Waals surface area (Å²) in [6, 6.07) is 22.4. The predicted octanol–water partition coefficient (Wildman–Crippen LogP) is 4.99. The van der Waals surface area contributed by atoms with Crippen LogP contribution in [0.4, 0.5) is 0 Å². The topological polar surface area (TPSA) is 50.7 Å². The van der Waals surface area contributed by atoms with E-state index in [9.17, 15) is 4.79 Å². The molecule has 0 saturated heterocycles. The summed E-state index contributed by atoms with van der Waals surface area (Å²) in [6.07, 6.45) is 1.58. The molecule has 0 aromatic heterocycles. The molecule has 0 saturated carbocycles. The lowest BCUT2D eigenvalue weighted by Gasteiger charge is -2.08. The van der Waals surface area contributed by atoms with E-state index < -0.39 is 0 Å². The largest absolute Gasteiger partial charge is 0.489 e. The number of benzene rings is 3. The van der Waals surface area contributed by atoms with Crippen LogP contribution in [-0.4, -0.2) is 12.1 Å². The van der Waals surface area contributed by atoms with E-state index in [0.29, 0.717) is 22.9 Å². The Morgan fingerprint density at radius 1 is 1.07 bits per heavy atom. The molecule has 0 radical (unpaired) electrons. The van der Waals surface area contributed by atoms with Crippen LogP contribution in [0.25, 0.3) is 0 Å². The Balaban J connectivity index is 1.60. The van der Waals surface area contributed by atoms with Crippen molar-refractivity contribution in [3.8, 4) is 5.75 Å². The number of hydrogen-bond acceptors (Lipinski definition) is 3. The lowest BCUT2D eigenvalue weighted by molar-refractivity contribution is 0.0954. The van der Waals surface area contributed by atoms with Crippen LogP contribution in [0.1, 0.15) is 27.0 Å². The van der Waals surface area contributed by atoms with Crippen LogP contribution in [-0.2, 0) is 6.61 Å². The molecule has 0 unspecified atom stereocenters. The molecule has 0 aliphatic carbocycles. The number of amides is 1. The van der Waals surface area contributed by atoms with E-state index >= 15 is 0 Å². The third-order valence-corrected chi connectivity index (χ3v) is 4.35. The van der Waals surface area contributed by atoms with Gasteiger partial charge in [0.05, 0.1) is 6.21 Å². The zero-order chi connectivity index (χ0) is 19.1. The number of carbonyl (C=O) groups is 1. The number of hydrazone groups is 1. The molecular formula is C22H19ClN2O2. The monoisotopic (exact) mass is 378 g/mol. The van der Waals surface area contributed by atoms with Crippen LogP contribution < -0.4 is 10.2 Å². The molecule has 27 heavy (non-hydrogen) atoms. The summed E-state index contributed by atoms with van der Waals surface area (Å²) >= 11 is 6.14. The van der Waals surface area contributed by atoms with Crippen LogP contribution in [0.15, 0.2) is 77.9 Å². The second-order valence-electron chi connectivity index (χ2n) is 5.97. The molecule has 0 heterocycles. The van der Waals surface area contributed by atoms with Gasteiger partial charge in [-0.1, -0.05) is 60.1 Å². The second kappa shape index (κ2) is 9.01. The minimum Gasteiger partial charge on any atom is -0.489 e. The van der Waals surface area contributed by atoms with Gasteiger partial charge >= 0.3 is 0 Å². The lowest BCUT2D eigenvalue weighted by Crippen LogP contribution is -2.18. The summed E-state index contributed by atoms with van der Waals surface area (Å²) in [5, 5.41) is 4.71. The fourth-order valence-corrected chi connectivity index (χ4v) is 2.70. The molecule has 3 rings (SSSR count). The standard InChI is InChI=1S/C22H19ClN2O2/c1-16-7-2-4-11-20(16)22(26)25-24-14-17-8-6-10-19(13-17)27-15-18-9-3-5-12-21(18)23/h2-14H,15H2,1H3,(H,25,26)/b24-14+. The highest BCUT2D eigenvalue weighted by atomic mass is 35.5. The third-order valence-electron chi connectivity index (χ3n) is 3.98. The normalized spacial score (nSPS) is 10.7. The van der Waals surface area contributed by atoms with Crippen LogP contribution in [0.2, 0.25) is 5.02 Å². The molecule has 0 bridgehead atoms. The highest BCUT2D eigenvalue weighted by Crippen LogP contribution is 2.19. The Hall–Kier alpha value is -3.11. The number of nitrogens with zero attached hydrogens (tertiary/aromatic N) is 1. The summed E-state index contributed by atoms with van der Waals surface area (Å²) in [4.78, 5) is 12.2. The molecule has 5 heteroatoms. The first-order chi connectivity index (χ1) is 13.1. The molecule has 0 atom stereocenters. The van der Waals surface area contributed by atoms with E-state index in [4.69, 9.17) is 16.3 Å². The third kappa shape index (κ3) is 5.19. The SMILES string of the molecule is Cc1ccccc1C(=O)N/N=C/c1cccc(OCc2ccccc2Cl)c1. The minimum absolute atomic E-state index is 0.240. The summed E-state index contributed by atoms with van der Waals surface area (Å²) in [5.41, 5.74) is 5.79. The molecule has 3 aromatic rings. The predicted molar refractivity (Wildman–Crippen MR) is 108 cm³/mol. The van der Waals surface area contributed by atoms with Gasteiger partial charge in [0.25, 0.3) is 5.91 Å². The Morgan fingerprint density at radius 2 is 1.85 bits per heavy atom.